The van der Waals surface area contributed by atoms with Crippen LogP contribution in [0, 0.1) is 31.1 Å². The number of fused-ring (bicyclic) bond motifs is 1. The smallest absolute Gasteiger partial charge is 0.338 e. The van der Waals surface area contributed by atoms with E-state index in [9.17, 15) is 4.79 Å². The van der Waals surface area contributed by atoms with Crippen molar-refractivity contribution >= 4 is 18.0 Å². The van der Waals surface area contributed by atoms with Crippen molar-refractivity contribution in [2.45, 2.75) is 39.7 Å². The zero-order valence-electron chi connectivity index (χ0n) is 18.4. The lowest BCUT2D eigenvalue weighted by atomic mass is 9.97. The lowest BCUT2D eigenvalue weighted by molar-refractivity contribution is 0.0535. The van der Waals surface area contributed by atoms with Crippen molar-refractivity contribution < 1.29 is 9.53 Å². The number of carbonyl (C=O) groups excluding carboxylic acids is 1. The summed E-state index contributed by atoms with van der Waals surface area (Å²) in [6, 6.07) is 7.80. The molecule has 1 aromatic carbocycles. The van der Waals surface area contributed by atoms with Gasteiger partial charge < -0.3 is 15.8 Å². The molecule has 7 nitrogen and oxygen atoms in total. The van der Waals surface area contributed by atoms with Gasteiger partial charge in [0.05, 0.1) is 11.1 Å². The molecule has 0 amide bonds. The van der Waals surface area contributed by atoms with Crippen LogP contribution in [0.5, 0.6) is 0 Å². The fourth-order valence-corrected chi connectivity index (χ4v) is 3.87. The second-order valence-corrected chi connectivity index (χ2v) is 8.36. The third-order valence-corrected chi connectivity index (χ3v) is 6.12. The number of nitriles is 1. The maximum Gasteiger partial charge on any atom is 0.338 e. The first-order valence-corrected chi connectivity index (χ1v) is 10.9. The highest BCUT2D eigenvalue weighted by molar-refractivity contribution is 5.93. The van der Waals surface area contributed by atoms with E-state index in [1.807, 2.05) is 26.0 Å². The Bertz CT molecular complexity index is 1160. The molecule has 0 radical (unpaired) electrons. The molecule has 7 heteroatoms. The zero-order chi connectivity index (χ0) is 22.7. The molecule has 1 aliphatic heterocycles. The van der Waals surface area contributed by atoms with Crippen LogP contribution in [0.4, 0.5) is 5.82 Å². The standard InChI is InChI=1S/C25H27N5O2/c1-15-9-23(29-12-19(15)10-26)30-13-20(24(27)18-3-4-18)11-28-8-7-17-5-6-21-22(16(17)2)14-32-25(21)31/h5-6,9,12-13,18,28H,3-4,7-8,11,14,27H2,1-2H3. The first-order chi connectivity index (χ1) is 15.5. The van der Waals surface area contributed by atoms with Crippen molar-refractivity contribution in [1.29, 1.82) is 5.26 Å². The molecule has 0 spiro atoms. The van der Waals surface area contributed by atoms with Crippen molar-refractivity contribution in [2.75, 3.05) is 13.1 Å². The van der Waals surface area contributed by atoms with Gasteiger partial charge in [0.2, 0.25) is 0 Å². The number of benzene rings is 1. The predicted molar refractivity (Wildman–Crippen MR) is 123 cm³/mol. The summed E-state index contributed by atoms with van der Waals surface area (Å²) in [4.78, 5) is 20.5. The van der Waals surface area contributed by atoms with E-state index in [2.05, 4.69) is 21.4 Å². The molecule has 0 unspecified atom stereocenters. The van der Waals surface area contributed by atoms with E-state index in [4.69, 9.17) is 15.7 Å². The molecule has 1 aromatic heterocycles. The molecule has 2 aliphatic rings. The van der Waals surface area contributed by atoms with Gasteiger partial charge in [-0.1, -0.05) is 6.07 Å². The Kier molecular flexibility index (Phi) is 6.33. The number of carbonyl (C=O) groups is 1. The maximum absolute atomic E-state index is 11.7. The average Bonchev–Trinajstić information content (AvgIpc) is 3.57. The van der Waals surface area contributed by atoms with Crippen LogP contribution < -0.4 is 11.1 Å². The molecular formula is C25H27N5O2. The Morgan fingerprint density at radius 2 is 2.22 bits per heavy atom. The van der Waals surface area contributed by atoms with Crippen molar-refractivity contribution in [3.63, 3.8) is 0 Å². The maximum atomic E-state index is 11.7. The number of ether oxygens (including phenoxy) is 1. The highest BCUT2D eigenvalue weighted by atomic mass is 16.5. The van der Waals surface area contributed by atoms with Gasteiger partial charge in [-0.15, -0.1) is 0 Å². The second kappa shape index (κ2) is 9.33. The van der Waals surface area contributed by atoms with Crippen LogP contribution in [0.15, 0.2) is 40.7 Å². The summed E-state index contributed by atoms with van der Waals surface area (Å²) in [6.07, 6.45) is 6.42. The monoisotopic (exact) mass is 429 g/mol. The minimum absolute atomic E-state index is 0.232. The van der Waals surface area contributed by atoms with Crippen LogP contribution in [0.2, 0.25) is 0 Å². The number of hydrogen-bond acceptors (Lipinski definition) is 7. The Morgan fingerprint density at radius 1 is 1.41 bits per heavy atom. The summed E-state index contributed by atoms with van der Waals surface area (Å²) in [5, 5.41) is 12.5. The Balaban J connectivity index is 1.39. The number of esters is 1. The largest absolute Gasteiger partial charge is 0.457 e. The number of nitrogens with one attached hydrogen (secondary N) is 1. The predicted octanol–water partition coefficient (Wildman–Crippen LogP) is 3.40. The van der Waals surface area contributed by atoms with Crippen molar-refractivity contribution in [1.82, 2.24) is 10.3 Å². The third kappa shape index (κ3) is 4.71. The number of allylic oxidation sites excluding steroid dienone is 1. The van der Waals surface area contributed by atoms with E-state index in [-0.39, 0.29) is 5.97 Å². The number of pyridine rings is 1. The number of aromatic nitrogens is 1. The summed E-state index contributed by atoms with van der Waals surface area (Å²) in [7, 11) is 0. The van der Waals surface area contributed by atoms with Gasteiger partial charge in [-0.05, 0) is 74.4 Å². The van der Waals surface area contributed by atoms with Crippen LogP contribution in [0.3, 0.4) is 0 Å². The molecule has 1 aliphatic carbocycles. The summed E-state index contributed by atoms with van der Waals surface area (Å²) in [6.45, 7) is 5.68. The van der Waals surface area contributed by atoms with Crippen molar-refractivity contribution in [3.8, 4) is 6.07 Å². The van der Waals surface area contributed by atoms with Gasteiger partial charge in [0.15, 0.2) is 5.82 Å². The number of aryl methyl sites for hydroxylation is 1. The normalized spacial score (nSPS) is 16.0. The molecule has 3 N–H and O–H groups in total. The molecule has 164 valence electrons. The quantitative estimate of drug-likeness (QED) is 0.378. The first kappa shape index (κ1) is 21.7. The SMILES string of the molecule is Cc1cc(N=CC(CNCCc2ccc3c(c2C)COC3=O)=C(N)C2CC2)ncc1C#N. The minimum Gasteiger partial charge on any atom is -0.457 e. The minimum atomic E-state index is -0.232. The third-order valence-electron chi connectivity index (χ3n) is 6.12. The van der Waals surface area contributed by atoms with Crippen LogP contribution in [-0.4, -0.2) is 30.3 Å². The Morgan fingerprint density at radius 3 is 2.94 bits per heavy atom. The highest BCUT2D eigenvalue weighted by Crippen LogP contribution is 2.35. The number of rotatable bonds is 8. The molecule has 2 aromatic rings. The van der Waals surface area contributed by atoms with Gasteiger partial charge in [-0.2, -0.15) is 5.26 Å². The summed E-state index contributed by atoms with van der Waals surface area (Å²) in [5.74, 6) is 0.767. The van der Waals surface area contributed by atoms with Crippen molar-refractivity contribution in [2.24, 2.45) is 16.6 Å². The summed E-state index contributed by atoms with van der Waals surface area (Å²) in [5.41, 5.74) is 13.7. The van der Waals surface area contributed by atoms with E-state index < -0.39 is 0 Å². The van der Waals surface area contributed by atoms with Crippen LogP contribution in [0.25, 0.3) is 0 Å². The van der Waals surface area contributed by atoms with Gasteiger partial charge in [-0.3, -0.25) is 0 Å². The zero-order valence-corrected chi connectivity index (χ0v) is 18.4. The lowest BCUT2D eigenvalue weighted by Gasteiger charge is -2.12. The Hall–Kier alpha value is -3.50. The number of nitrogens with two attached hydrogens (primary N) is 1. The molecule has 32 heavy (non-hydrogen) atoms. The molecule has 0 atom stereocenters. The first-order valence-electron chi connectivity index (χ1n) is 10.9. The number of aliphatic imine (C=N–C) groups is 1. The van der Waals surface area contributed by atoms with Gasteiger partial charge in [0.25, 0.3) is 0 Å². The average molecular weight is 430 g/mol. The highest BCUT2D eigenvalue weighted by Gasteiger charge is 2.26. The van der Waals surface area contributed by atoms with E-state index in [0.717, 1.165) is 53.8 Å². The Labute approximate surface area is 188 Å². The molecule has 4 rings (SSSR count). The van der Waals surface area contributed by atoms with E-state index in [1.165, 1.54) is 5.56 Å². The molecule has 1 saturated carbocycles. The van der Waals surface area contributed by atoms with Gasteiger partial charge in [0, 0.05) is 35.8 Å². The molecule has 2 heterocycles. The summed E-state index contributed by atoms with van der Waals surface area (Å²) < 4.78 is 5.14. The van der Waals surface area contributed by atoms with Crippen LogP contribution >= 0.6 is 0 Å². The number of nitrogens with zero attached hydrogens (tertiary/aromatic N) is 3. The topological polar surface area (TPSA) is 113 Å². The second-order valence-electron chi connectivity index (χ2n) is 8.36. The van der Waals surface area contributed by atoms with E-state index in [0.29, 0.717) is 36.0 Å². The van der Waals surface area contributed by atoms with Gasteiger partial charge >= 0.3 is 5.97 Å². The molecule has 1 fully saturated rings. The van der Waals surface area contributed by atoms with Crippen molar-refractivity contribution in [3.05, 3.63) is 69.0 Å². The number of hydrogen-bond donors (Lipinski definition) is 2. The van der Waals surface area contributed by atoms with Crippen LogP contribution in [0.1, 0.15) is 51.0 Å². The molecule has 0 saturated heterocycles. The number of cyclic esters (lactones) is 1. The van der Waals surface area contributed by atoms with Gasteiger partial charge in [0.1, 0.15) is 12.7 Å². The van der Waals surface area contributed by atoms with E-state index >= 15 is 0 Å². The van der Waals surface area contributed by atoms with Crippen LogP contribution in [-0.2, 0) is 17.8 Å². The lowest BCUT2D eigenvalue weighted by Crippen LogP contribution is -2.23. The fourth-order valence-electron chi connectivity index (χ4n) is 3.87. The fraction of sp³-hybridized carbons (Fsp3) is 0.360. The van der Waals surface area contributed by atoms with Gasteiger partial charge in [-0.25, -0.2) is 14.8 Å². The molecular weight excluding hydrogens is 402 g/mol. The summed E-state index contributed by atoms with van der Waals surface area (Å²) >= 11 is 0. The van der Waals surface area contributed by atoms with E-state index in [1.54, 1.807) is 18.5 Å². The molecule has 0 bridgehead atoms.